The molecule has 1 aliphatic heterocycles. The van der Waals surface area contributed by atoms with Crippen molar-refractivity contribution in [2.75, 3.05) is 49.1 Å². The lowest BCUT2D eigenvalue weighted by atomic mass is 10.1. The predicted molar refractivity (Wildman–Crippen MR) is 162 cm³/mol. The summed E-state index contributed by atoms with van der Waals surface area (Å²) in [5.74, 6) is 1.28. The molecule has 0 bridgehead atoms. The Morgan fingerprint density at radius 1 is 0.611 bits per heavy atom. The van der Waals surface area contributed by atoms with Crippen LogP contribution in [0.3, 0.4) is 0 Å². The lowest BCUT2D eigenvalue weighted by molar-refractivity contribution is 0.653. The molecule has 2 aromatic carbocycles. The fraction of sp³-hybridized carbons (Fsp3) is 0.500. The SMILES string of the molecule is CCCCCN=C(N)c1ccc(N2CCN(c3ccc(C(N)=NCCCCC)cc3)CC2)cc1.Cl.Cl. The number of unbranched alkanes of at least 4 members (excludes halogenated alkanes) is 4. The highest BCUT2D eigenvalue weighted by Crippen LogP contribution is 2.21. The number of rotatable bonds is 12. The molecule has 0 spiro atoms. The Kier molecular flexibility index (Phi) is 15.0. The lowest BCUT2D eigenvalue weighted by Crippen LogP contribution is -2.46. The van der Waals surface area contributed by atoms with Gasteiger partial charge in [-0.3, -0.25) is 9.98 Å². The minimum absolute atomic E-state index is 0. The van der Waals surface area contributed by atoms with Gasteiger partial charge in [-0.05, 0) is 61.4 Å². The molecule has 6 nitrogen and oxygen atoms in total. The first-order valence-corrected chi connectivity index (χ1v) is 12.9. The minimum atomic E-state index is 0. The number of benzene rings is 2. The van der Waals surface area contributed by atoms with Crippen LogP contribution in [0, 0.1) is 0 Å². The normalized spacial score (nSPS) is 14.3. The van der Waals surface area contributed by atoms with Gasteiger partial charge < -0.3 is 21.3 Å². The van der Waals surface area contributed by atoms with Crippen molar-refractivity contribution in [3.63, 3.8) is 0 Å². The van der Waals surface area contributed by atoms with Crippen molar-refractivity contribution < 1.29 is 0 Å². The maximum Gasteiger partial charge on any atom is 0.125 e. The third kappa shape index (κ3) is 9.55. The molecule has 0 aromatic heterocycles. The van der Waals surface area contributed by atoms with Crippen molar-refractivity contribution in [3.05, 3.63) is 59.7 Å². The number of amidine groups is 2. The van der Waals surface area contributed by atoms with E-state index in [1.807, 2.05) is 0 Å². The van der Waals surface area contributed by atoms with Crippen LogP contribution in [0.1, 0.15) is 63.5 Å². The van der Waals surface area contributed by atoms with E-state index >= 15 is 0 Å². The molecule has 0 saturated carbocycles. The van der Waals surface area contributed by atoms with Gasteiger partial charge in [-0.1, -0.05) is 39.5 Å². The van der Waals surface area contributed by atoms with Crippen LogP contribution in [0.15, 0.2) is 58.5 Å². The number of aliphatic imine (C=N–C) groups is 2. The van der Waals surface area contributed by atoms with Gasteiger partial charge in [0.1, 0.15) is 11.7 Å². The molecule has 1 aliphatic rings. The van der Waals surface area contributed by atoms with E-state index in [2.05, 4.69) is 82.2 Å². The van der Waals surface area contributed by atoms with Gasteiger partial charge in [0.05, 0.1) is 0 Å². The van der Waals surface area contributed by atoms with E-state index in [1.54, 1.807) is 0 Å². The van der Waals surface area contributed by atoms with Crippen LogP contribution >= 0.6 is 24.8 Å². The zero-order chi connectivity index (χ0) is 24.2. The standard InChI is InChI=1S/C28H42N6.2ClH/c1-3-5-7-17-31-27(29)23-9-13-25(14-10-23)33-19-21-34(22-20-33)26-15-11-24(12-16-26)28(30)32-18-8-6-4-2;;/h9-16H,3-8,17-22H2,1-2H3,(H2,29,31)(H2,30,32);2*1H. The van der Waals surface area contributed by atoms with E-state index in [-0.39, 0.29) is 24.8 Å². The molecule has 0 amide bonds. The molecule has 1 fully saturated rings. The van der Waals surface area contributed by atoms with Crippen LogP contribution in [0.4, 0.5) is 11.4 Å². The maximum atomic E-state index is 6.17. The molecule has 1 saturated heterocycles. The monoisotopic (exact) mass is 534 g/mol. The van der Waals surface area contributed by atoms with Gasteiger partial charge in [-0.2, -0.15) is 0 Å². The second-order valence-electron chi connectivity index (χ2n) is 9.02. The Hall–Kier alpha value is -2.44. The third-order valence-corrected chi connectivity index (χ3v) is 6.42. The molecule has 8 heteroatoms. The molecular formula is C28H44Cl2N6. The number of piperazine rings is 1. The van der Waals surface area contributed by atoms with Crippen LogP contribution in [-0.2, 0) is 0 Å². The number of hydrogen-bond acceptors (Lipinski definition) is 4. The Balaban J connectivity index is 0.00000324. The van der Waals surface area contributed by atoms with Crippen LogP contribution in [0.5, 0.6) is 0 Å². The lowest BCUT2D eigenvalue weighted by Gasteiger charge is -2.37. The fourth-order valence-corrected chi connectivity index (χ4v) is 4.21. The summed E-state index contributed by atoms with van der Waals surface area (Å²) >= 11 is 0. The summed E-state index contributed by atoms with van der Waals surface area (Å²) in [6, 6.07) is 17.0. The minimum Gasteiger partial charge on any atom is -0.384 e. The van der Waals surface area contributed by atoms with Gasteiger partial charge >= 0.3 is 0 Å². The highest BCUT2D eigenvalue weighted by Gasteiger charge is 2.18. The smallest absolute Gasteiger partial charge is 0.125 e. The third-order valence-electron chi connectivity index (χ3n) is 6.42. The molecule has 0 unspecified atom stereocenters. The predicted octanol–water partition coefficient (Wildman–Crippen LogP) is 5.65. The highest BCUT2D eigenvalue weighted by atomic mass is 35.5. The molecule has 200 valence electrons. The Labute approximate surface area is 230 Å². The Bertz CT molecular complexity index is 843. The maximum absolute atomic E-state index is 6.17. The number of nitrogens with zero attached hydrogens (tertiary/aromatic N) is 4. The van der Waals surface area contributed by atoms with Crippen LogP contribution in [-0.4, -0.2) is 50.9 Å². The van der Waals surface area contributed by atoms with E-state index in [0.29, 0.717) is 11.7 Å². The largest absolute Gasteiger partial charge is 0.384 e. The molecule has 0 radical (unpaired) electrons. The Morgan fingerprint density at radius 3 is 1.25 bits per heavy atom. The summed E-state index contributed by atoms with van der Waals surface area (Å²) in [7, 11) is 0. The van der Waals surface area contributed by atoms with E-state index in [9.17, 15) is 0 Å². The first-order valence-electron chi connectivity index (χ1n) is 12.9. The second kappa shape index (κ2) is 17.1. The van der Waals surface area contributed by atoms with Crippen molar-refractivity contribution in [2.45, 2.75) is 52.4 Å². The number of hydrogen-bond donors (Lipinski definition) is 2. The van der Waals surface area contributed by atoms with Gasteiger partial charge in [-0.15, -0.1) is 24.8 Å². The average Bonchev–Trinajstić information content (AvgIpc) is 2.89. The van der Waals surface area contributed by atoms with Gasteiger partial charge in [0, 0.05) is 61.8 Å². The summed E-state index contributed by atoms with van der Waals surface area (Å²) in [5.41, 5.74) is 16.8. The number of halogens is 2. The van der Waals surface area contributed by atoms with Gasteiger partial charge in [0.2, 0.25) is 0 Å². The topological polar surface area (TPSA) is 83.2 Å². The summed E-state index contributed by atoms with van der Waals surface area (Å²) in [4.78, 5) is 13.9. The van der Waals surface area contributed by atoms with Crippen molar-refractivity contribution in [2.24, 2.45) is 21.5 Å². The Morgan fingerprint density at radius 2 is 0.944 bits per heavy atom. The molecule has 36 heavy (non-hydrogen) atoms. The van der Waals surface area contributed by atoms with Crippen molar-refractivity contribution in [1.29, 1.82) is 0 Å². The molecule has 0 aliphatic carbocycles. The molecular weight excluding hydrogens is 491 g/mol. The quantitative estimate of drug-likeness (QED) is 0.209. The second-order valence-corrected chi connectivity index (χ2v) is 9.02. The summed E-state index contributed by atoms with van der Waals surface area (Å²) in [5, 5.41) is 0. The van der Waals surface area contributed by atoms with Crippen molar-refractivity contribution >= 4 is 47.9 Å². The summed E-state index contributed by atoms with van der Waals surface area (Å²) in [6.45, 7) is 9.97. The van der Waals surface area contributed by atoms with E-state index < -0.39 is 0 Å². The van der Waals surface area contributed by atoms with Gasteiger partial charge in [0.25, 0.3) is 0 Å². The molecule has 0 atom stereocenters. The number of anilines is 2. The van der Waals surface area contributed by atoms with Crippen LogP contribution < -0.4 is 21.3 Å². The molecule has 2 aromatic rings. The average molecular weight is 536 g/mol. The summed E-state index contributed by atoms with van der Waals surface area (Å²) in [6.07, 6.45) is 7.00. The van der Waals surface area contributed by atoms with E-state index in [1.165, 1.54) is 37.1 Å². The van der Waals surface area contributed by atoms with E-state index in [4.69, 9.17) is 11.5 Å². The molecule has 4 N–H and O–H groups in total. The fourth-order valence-electron chi connectivity index (χ4n) is 4.21. The zero-order valence-electron chi connectivity index (χ0n) is 21.9. The zero-order valence-corrected chi connectivity index (χ0v) is 23.5. The molecule has 3 rings (SSSR count). The first kappa shape index (κ1) is 31.6. The van der Waals surface area contributed by atoms with Crippen LogP contribution in [0.25, 0.3) is 0 Å². The van der Waals surface area contributed by atoms with Gasteiger partial charge in [0.15, 0.2) is 0 Å². The van der Waals surface area contributed by atoms with Gasteiger partial charge in [-0.25, -0.2) is 0 Å². The van der Waals surface area contributed by atoms with E-state index in [0.717, 1.165) is 63.2 Å². The van der Waals surface area contributed by atoms with Crippen molar-refractivity contribution in [1.82, 2.24) is 0 Å². The summed E-state index contributed by atoms with van der Waals surface area (Å²) < 4.78 is 0. The molecule has 1 heterocycles. The first-order chi connectivity index (χ1) is 16.6. The number of nitrogens with two attached hydrogens (primary N) is 2. The highest BCUT2D eigenvalue weighted by molar-refractivity contribution is 5.98. The van der Waals surface area contributed by atoms with Crippen LogP contribution in [0.2, 0.25) is 0 Å². The van der Waals surface area contributed by atoms with Crippen molar-refractivity contribution in [3.8, 4) is 0 Å².